The van der Waals surface area contributed by atoms with E-state index in [1.165, 1.54) is 49.5 Å². The molecule has 0 aliphatic heterocycles. The minimum Gasteiger partial charge on any atom is -0.456 e. The summed E-state index contributed by atoms with van der Waals surface area (Å²) in [6, 6.07) is 60.5. The summed E-state index contributed by atoms with van der Waals surface area (Å²) in [5, 5.41) is 7.08. The van der Waals surface area contributed by atoms with Crippen molar-refractivity contribution in [2.75, 3.05) is 0 Å². The molecular formula is C51H34N2O. The van der Waals surface area contributed by atoms with Crippen LogP contribution in [0.4, 0.5) is 0 Å². The van der Waals surface area contributed by atoms with Crippen LogP contribution in [-0.2, 0) is 5.41 Å². The Morgan fingerprint density at radius 3 is 1.89 bits per heavy atom. The molecule has 0 amide bonds. The van der Waals surface area contributed by atoms with Gasteiger partial charge in [-0.25, -0.2) is 9.97 Å². The molecular weight excluding hydrogens is 657 g/mol. The van der Waals surface area contributed by atoms with Crippen molar-refractivity contribution in [2.45, 2.75) is 19.3 Å². The summed E-state index contributed by atoms with van der Waals surface area (Å²) in [7, 11) is 0. The lowest BCUT2D eigenvalue weighted by Gasteiger charge is -2.25. The Hall–Kier alpha value is -6.84. The number of rotatable bonds is 4. The van der Waals surface area contributed by atoms with Gasteiger partial charge in [-0.15, -0.1) is 0 Å². The van der Waals surface area contributed by atoms with Crippen molar-refractivity contribution < 1.29 is 4.42 Å². The number of aromatic nitrogens is 2. The van der Waals surface area contributed by atoms with Crippen LogP contribution in [0.15, 0.2) is 174 Å². The van der Waals surface area contributed by atoms with Gasteiger partial charge in [0.15, 0.2) is 5.82 Å². The molecule has 54 heavy (non-hydrogen) atoms. The van der Waals surface area contributed by atoms with Gasteiger partial charge in [0.25, 0.3) is 0 Å². The molecule has 0 saturated carbocycles. The van der Waals surface area contributed by atoms with Crippen LogP contribution in [0.2, 0.25) is 0 Å². The molecule has 2 heterocycles. The predicted octanol–water partition coefficient (Wildman–Crippen LogP) is 13.7. The maximum atomic E-state index is 6.30. The second-order valence-corrected chi connectivity index (χ2v) is 14.9. The highest BCUT2D eigenvalue weighted by atomic mass is 16.3. The van der Waals surface area contributed by atoms with E-state index in [2.05, 4.69) is 147 Å². The summed E-state index contributed by atoms with van der Waals surface area (Å²) in [5.41, 5.74) is 14.3. The van der Waals surface area contributed by atoms with Crippen LogP contribution in [0, 0.1) is 0 Å². The van der Waals surface area contributed by atoms with Gasteiger partial charge in [0, 0.05) is 32.9 Å². The minimum atomic E-state index is -0.171. The lowest BCUT2D eigenvalue weighted by molar-refractivity contribution is 0.662. The number of para-hydroxylation sites is 1. The zero-order valence-corrected chi connectivity index (χ0v) is 30.0. The Morgan fingerprint density at radius 1 is 0.444 bits per heavy atom. The highest BCUT2D eigenvalue weighted by Crippen LogP contribution is 2.55. The summed E-state index contributed by atoms with van der Waals surface area (Å²) in [6.45, 7) is 4.76. The Morgan fingerprint density at radius 2 is 1.06 bits per heavy atom. The molecule has 0 fully saturated rings. The van der Waals surface area contributed by atoms with Crippen molar-refractivity contribution in [3.05, 3.63) is 181 Å². The van der Waals surface area contributed by atoms with Gasteiger partial charge in [-0.05, 0) is 73.1 Å². The van der Waals surface area contributed by atoms with Gasteiger partial charge >= 0.3 is 0 Å². The number of nitrogens with zero attached hydrogens (tertiary/aromatic N) is 2. The van der Waals surface area contributed by atoms with E-state index in [9.17, 15) is 0 Å². The third kappa shape index (κ3) is 4.48. The van der Waals surface area contributed by atoms with Crippen LogP contribution in [0.5, 0.6) is 0 Å². The molecule has 3 heteroatoms. The summed E-state index contributed by atoms with van der Waals surface area (Å²) >= 11 is 0. The van der Waals surface area contributed by atoms with Crippen molar-refractivity contribution in [2.24, 2.45) is 0 Å². The Bertz CT molecular complexity index is 3130. The number of furan rings is 1. The van der Waals surface area contributed by atoms with E-state index in [0.717, 1.165) is 55.4 Å². The van der Waals surface area contributed by atoms with E-state index in [1.54, 1.807) is 0 Å². The van der Waals surface area contributed by atoms with Crippen LogP contribution in [0.1, 0.15) is 25.0 Å². The van der Waals surface area contributed by atoms with Gasteiger partial charge in [0.05, 0.1) is 11.4 Å². The highest BCUT2D eigenvalue weighted by molar-refractivity contribution is 6.13. The molecule has 0 saturated heterocycles. The molecule has 0 N–H and O–H groups in total. The quantitative estimate of drug-likeness (QED) is 0.184. The van der Waals surface area contributed by atoms with Crippen LogP contribution < -0.4 is 0 Å². The molecule has 0 radical (unpaired) electrons. The topological polar surface area (TPSA) is 38.9 Å². The number of hydrogen-bond donors (Lipinski definition) is 0. The zero-order valence-electron chi connectivity index (χ0n) is 30.0. The second-order valence-electron chi connectivity index (χ2n) is 14.9. The molecule has 1 aliphatic rings. The lowest BCUT2D eigenvalue weighted by atomic mass is 9.78. The van der Waals surface area contributed by atoms with Gasteiger partial charge in [0.2, 0.25) is 0 Å². The predicted molar refractivity (Wildman–Crippen MR) is 224 cm³/mol. The fourth-order valence-electron chi connectivity index (χ4n) is 9.06. The number of benzene rings is 8. The first-order valence-electron chi connectivity index (χ1n) is 18.6. The Balaban J connectivity index is 1.14. The van der Waals surface area contributed by atoms with Crippen molar-refractivity contribution >= 4 is 43.5 Å². The van der Waals surface area contributed by atoms with Crippen molar-refractivity contribution in [1.82, 2.24) is 9.97 Å². The molecule has 10 aromatic rings. The monoisotopic (exact) mass is 690 g/mol. The number of fused-ring (bicyclic) bond motifs is 9. The molecule has 0 bridgehead atoms. The first kappa shape index (κ1) is 30.8. The molecule has 1 aliphatic carbocycles. The van der Waals surface area contributed by atoms with Gasteiger partial charge < -0.3 is 4.42 Å². The Kier molecular flexibility index (Phi) is 6.60. The molecule has 2 aromatic heterocycles. The average Bonchev–Trinajstić information content (AvgIpc) is 3.73. The van der Waals surface area contributed by atoms with E-state index in [4.69, 9.17) is 14.4 Å². The molecule has 0 atom stereocenters. The van der Waals surface area contributed by atoms with E-state index < -0.39 is 0 Å². The second kappa shape index (κ2) is 11.6. The number of hydrogen-bond acceptors (Lipinski definition) is 3. The van der Waals surface area contributed by atoms with E-state index >= 15 is 0 Å². The third-order valence-corrected chi connectivity index (χ3v) is 11.5. The summed E-state index contributed by atoms with van der Waals surface area (Å²) in [6.07, 6.45) is 0. The molecule has 8 aromatic carbocycles. The fourth-order valence-corrected chi connectivity index (χ4v) is 9.06. The van der Waals surface area contributed by atoms with Crippen molar-refractivity contribution in [3.8, 4) is 56.2 Å². The molecule has 0 unspecified atom stereocenters. The summed E-state index contributed by atoms with van der Waals surface area (Å²) < 4.78 is 6.30. The SMILES string of the molecule is CC1(C)c2ccc3ccccc3c2-c2cccc(-c3ccc(-c4cc(-c5cccc6oc7ccccc7c56)nc(-c5ccccc5)n4)c4ccccc34)c21. The zero-order chi connectivity index (χ0) is 36.0. The van der Waals surface area contributed by atoms with Gasteiger partial charge in [-0.1, -0.05) is 166 Å². The van der Waals surface area contributed by atoms with E-state index in [0.29, 0.717) is 5.82 Å². The van der Waals surface area contributed by atoms with Crippen LogP contribution >= 0.6 is 0 Å². The normalized spacial score (nSPS) is 13.1. The standard InChI is InChI=1S/C51H34N2O/c1-51(2)42-29-26-31-14-6-7-17-33(31)47(42)41-23-12-21-38(49(41)51)36-27-28-37(35-19-9-8-18-34(35)36)43-30-44(53-50(52-43)32-15-4-3-5-16-32)39-22-13-25-46-48(39)40-20-10-11-24-45(40)54-46/h3-30H,1-2H3. The molecule has 3 nitrogen and oxygen atoms in total. The van der Waals surface area contributed by atoms with Crippen molar-refractivity contribution in [3.63, 3.8) is 0 Å². The van der Waals surface area contributed by atoms with Crippen molar-refractivity contribution in [1.29, 1.82) is 0 Å². The van der Waals surface area contributed by atoms with Gasteiger partial charge in [-0.3, -0.25) is 0 Å². The minimum absolute atomic E-state index is 0.171. The molecule has 11 rings (SSSR count). The Labute approximate surface area is 313 Å². The van der Waals surface area contributed by atoms with Crippen LogP contribution in [0.3, 0.4) is 0 Å². The van der Waals surface area contributed by atoms with E-state index in [-0.39, 0.29) is 5.41 Å². The molecule has 0 spiro atoms. The van der Waals surface area contributed by atoms with Crippen LogP contribution in [-0.4, -0.2) is 9.97 Å². The average molecular weight is 691 g/mol. The van der Waals surface area contributed by atoms with Crippen LogP contribution in [0.25, 0.3) is 99.6 Å². The van der Waals surface area contributed by atoms with Gasteiger partial charge in [0.1, 0.15) is 11.2 Å². The maximum absolute atomic E-state index is 6.30. The summed E-state index contributed by atoms with van der Waals surface area (Å²) in [4.78, 5) is 10.5. The molecule has 254 valence electrons. The first-order chi connectivity index (χ1) is 26.5. The van der Waals surface area contributed by atoms with Gasteiger partial charge in [-0.2, -0.15) is 0 Å². The lowest BCUT2D eigenvalue weighted by Crippen LogP contribution is -2.16. The largest absolute Gasteiger partial charge is 0.456 e. The summed E-state index contributed by atoms with van der Waals surface area (Å²) in [5.74, 6) is 0.689. The smallest absolute Gasteiger partial charge is 0.160 e. The van der Waals surface area contributed by atoms with E-state index in [1.807, 2.05) is 36.4 Å². The maximum Gasteiger partial charge on any atom is 0.160 e. The first-order valence-corrected chi connectivity index (χ1v) is 18.6. The highest BCUT2D eigenvalue weighted by Gasteiger charge is 2.38. The fraction of sp³-hybridized carbons (Fsp3) is 0.0588. The third-order valence-electron chi connectivity index (χ3n) is 11.5.